The number of aromatic nitrogens is 1. The molecule has 0 radical (unpaired) electrons. The molecule has 134 valence electrons. The molecule has 0 spiro atoms. The lowest BCUT2D eigenvalue weighted by Gasteiger charge is -2.37. The van der Waals surface area contributed by atoms with E-state index < -0.39 is 27.9 Å². The molecule has 1 aromatic carbocycles. The summed E-state index contributed by atoms with van der Waals surface area (Å²) in [7, 11) is -3.68. The predicted octanol–water partition coefficient (Wildman–Crippen LogP) is 3.21. The first-order chi connectivity index (χ1) is 11.7. The molecule has 2 aromatic rings. The van der Waals surface area contributed by atoms with Gasteiger partial charge in [0.05, 0.1) is 23.5 Å². The summed E-state index contributed by atoms with van der Waals surface area (Å²) in [6.07, 6.45) is -4.27. The van der Waals surface area contributed by atoms with Crippen LogP contribution in [0.1, 0.15) is 5.56 Å². The Hall–Kier alpha value is -1.84. The normalized spacial score (nSPS) is 16.5. The van der Waals surface area contributed by atoms with Crippen molar-refractivity contribution in [1.29, 1.82) is 0 Å². The van der Waals surface area contributed by atoms with Crippen LogP contribution in [-0.4, -0.2) is 36.9 Å². The van der Waals surface area contributed by atoms with E-state index in [0.717, 1.165) is 12.1 Å². The van der Waals surface area contributed by atoms with Crippen LogP contribution in [0.3, 0.4) is 0 Å². The number of halogens is 4. The van der Waals surface area contributed by atoms with Crippen molar-refractivity contribution in [1.82, 2.24) is 9.29 Å². The van der Waals surface area contributed by atoms with Gasteiger partial charge in [-0.15, -0.1) is 0 Å². The summed E-state index contributed by atoms with van der Waals surface area (Å²) >= 11 is 5.80. The van der Waals surface area contributed by atoms with Crippen molar-refractivity contribution in [2.75, 3.05) is 13.1 Å². The second-order valence-corrected chi connectivity index (χ2v) is 7.78. The molecule has 2 heterocycles. The zero-order valence-corrected chi connectivity index (χ0v) is 14.1. The highest BCUT2D eigenvalue weighted by molar-refractivity contribution is 7.89. The first kappa shape index (κ1) is 18.0. The fourth-order valence-corrected chi connectivity index (χ4v) is 4.04. The molecule has 0 aliphatic carbocycles. The van der Waals surface area contributed by atoms with Crippen LogP contribution in [0, 0.1) is 0 Å². The molecule has 0 atom stereocenters. The third kappa shape index (κ3) is 3.88. The van der Waals surface area contributed by atoms with E-state index in [2.05, 4.69) is 4.98 Å². The highest BCUT2D eigenvalue weighted by atomic mass is 35.5. The molecule has 0 N–H and O–H groups in total. The third-order valence-electron chi connectivity index (χ3n) is 3.60. The Labute approximate surface area is 147 Å². The van der Waals surface area contributed by atoms with Gasteiger partial charge in [0.2, 0.25) is 15.9 Å². The SMILES string of the molecule is O=S(=O)(c1cccc(Cl)c1)N1CC(Oc2ccc(C(F)(F)F)cn2)C1. The molecule has 1 aliphatic heterocycles. The van der Waals surface area contributed by atoms with Crippen LogP contribution in [-0.2, 0) is 16.2 Å². The molecule has 3 rings (SSSR count). The molecule has 25 heavy (non-hydrogen) atoms. The minimum atomic E-state index is -4.47. The molecule has 5 nitrogen and oxygen atoms in total. The van der Waals surface area contributed by atoms with E-state index >= 15 is 0 Å². The summed E-state index contributed by atoms with van der Waals surface area (Å²) in [6, 6.07) is 7.86. The van der Waals surface area contributed by atoms with Crippen molar-refractivity contribution in [2.24, 2.45) is 0 Å². The van der Waals surface area contributed by atoms with Crippen molar-refractivity contribution in [2.45, 2.75) is 17.2 Å². The molecule has 10 heteroatoms. The summed E-state index contributed by atoms with van der Waals surface area (Å²) in [6.45, 7) is 0.162. The van der Waals surface area contributed by atoms with Gasteiger partial charge in [0.15, 0.2) is 0 Å². The summed E-state index contributed by atoms with van der Waals surface area (Å²) in [5.41, 5.74) is -0.876. The second kappa shape index (κ2) is 6.47. The standard InChI is InChI=1S/C15H12ClF3N2O3S/c16-11-2-1-3-13(6-11)25(22,23)21-8-12(9-21)24-14-5-4-10(7-20-14)15(17,18)19/h1-7,12H,8-9H2. The van der Waals surface area contributed by atoms with Crippen molar-refractivity contribution < 1.29 is 26.3 Å². The molecule has 1 aliphatic rings. The number of pyridine rings is 1. The molecule has 1 fully saturated rings. The van der Waals surface area contributed by atoms with Gasteiger partial charge in [-0.3, -0.25) is 0 Å². The number of hydrogen-bond acceptors (Lipinski definition) is 4. The third-order valence-corrected chi connectivity index (χ3v) is 5.66. The topological polar surface area (TPSA) is 59.5 Å². The number of alkyl halides is 3. The van der Waals surface area contributed by atoms with Gasteiger partial charge < -0.3 is 4.74 Å². The Morgan fingerprint density at radius 1 is 1.20 bits per heavy atom. The minimum absolute atomic E-state index is 0.0119. The molecule has 0 bridgehead atoms. The van der Waals surface area contributed by atoms with E-state index in [9.17, 15) is 21.6 Å². The number of nitrogens with zero attached hydrogens (tertiary/aromatic N) is 2. The largest absolute Gasteiger partial charge is 0.472 e. The van der Waals surface area contributed by atoms with Crippen LogP contribution < -0.4 is 4.74 Å². The highest BCUT2D eigenvalue weighted by Crippen LogP contribution is 2.30. The monoisotopic (exact) mass is 392 g/mol. The van der Waals surface area contributed by atoms with Crippen molar-refractivity contribution in [3.8, 4) is 5.88 Å². The number of benzene rings is 1. The molecule has 0 saturated carbocycles. The fourth-order valence-electron chi connectivity index (χ4n) is 2.24. The van der Waals surface area contributed by atoms with Gasteiger partial charge in [-0.1, -0.05) is 17.7 Å². The smallest absolute Gasteiger partial charge is 0.417 e. The van der Waals surface area contributed by atoms with E-state index in [4.69, 9.17) is 16.3 Å². The van der Waals surface area contributed by atoms with Gasteiger partial charge in [-0.2, -0.15) is 17.5 Å². The highest BCUT2D eigenvalue weighted by Gasteiger charge is 2.38. The lowest BCUT2D eigenvalue weighted by atomic mass is 10.2. The van der Waals surface area contributed by atoms with Crippen LogP contribution >= 0.6 is 11.6 Å². The molecule has 0 amide bonds. The molecule has 1 saturated heterocycles. The van der Waals surface area contributed by atoms with E-state index in [1.54, 1.807) is 6.07 Å². The average Bonchev–Trinajstić information content (AvgIpc) is 2.50. The summed E-state index contributed by atoms with van der Waals surface area (Å²) in [4.78, 5) is 3.67. The maximum Gasteiger partial charge on any atom is 0.417 e. The minimum Gasteiger partial charge on any atom is -0.472 e. The molecular formula is C15H12ClF3N2O3S. The van der Waals surface area contributed by atoms with Crippen LogP contribution in [0.25, 0.3) is 0 Å². The Morgan fingerprint density at radius 2 is 1.92 bits per heavy atom. The summed E-state index contributed by atoms with van der Waals surface area (Å²) in [5, 5.41) is 0.309. The number of sulfonamides is 1. The van der Waals surface area contributed by atoms with Gasteiger partial charge in [-0.25, -0.2) is 13.4 Å². The lowest BCUT2D eigenvalue weighted by molar-refractivity contribution is -0.137. The zero-order chi connectivity index (χ0) is 18.2. The Morgan fingerprint density at radius 3 is 2.48 bits per heavy atom. The van der Waals surface area contributed by atoms with Gasteiger partial charge in [0, 0.05) is 17.3 Å². The summed E-state index contributed by atoms with van der Waals surface area (Å²) < 4.78 is 68.8. The van der Waals surface area contributed by atoms with Crippen molar-refractivity contribution in [3.63, 3.8) is 0 Å². The fraction of sp³-hybridized carbons (Fsp3) is 0.267. The van der Waals surface area contributed by atoms with Gasteiger partial charge >= 0.3 is 6.18 Å². The van der Waals surface area contributed by atoms with E-state index in [-0.39, 0.29) is 23.9 Å². The Balaban J connectivity index is 1.61. The number of rotatable bonds is 4. The number of ether oxygens (including phenoxy) is 1. The van der Waals surface area contributed by atoms with Crippen LogP contribution in [0.5, 0.6) is 5.88 Å². The quantitative estimate of drug-likeness (QED) is 0.801. The molecule has 1 aromatic heterocycles. The second-order valence-electron chi connectivity index (χ2n) is 5.40. The first-order valence-corrected chi connectivity index (χ1v) is 8.94. The first-order valence-electron chi connectivity index (χ1n) is 7.12. The lowest BCUT2D eigenvalue weighted by Crippen LogP contribution is -2.56. The van der Waals surface area contributed by atoms with Crippen LogP contribution in [0.4, 0.5) is 13.2 Å². The van der Waals surface area contributed by atoms with Gasteiger partial charge in [-0.05, 0) is 24.3 Å². The average molecular weight is 393 g/mol. The van der Waals surface area contributed by atoms with E-state index in [1.807, 2.05) is 0 Å². The zero-order valence-electron chi connectivity index (χ0n) is 12.6. The Kier molecular flexibility index (Phi) is 4.65. The Bertz CT molecular complexity index is 866. The maximum absolute atomic E-state index is 12.5. The van der Waals surface area contributed by atoms with Crippen molar-refractivity contribution >= 4 is 21.6 Å². The maximum atomic E-state index is 12.5. The van der Waals surface area contributed by atoms with E-state index in [0.29, 0.717) is 11.2 Å². The van der Waals surface area contributed by atoms with Gasteiger partial charge in [0.1, 0.15) is 6.10 Å². The summed E-state index contributed by atoms with van der Waals surface area (Å²) in [5.74, 6) is 0.0119. The van der Waals surface area contributed by atoms with E-state index in [1.165, 1.54) is 22.5 Å². The molecule has 0 unspecified atom stereocenters. The van der Waals surface area contributed by atoms with Crippen LogP contribution in [0.2, 0.25) is 5.02 Å². The molecular weight excluding hydrogens is 381 g/mol. The number of hydrogen-bond donors (Lipinski definition) is 0. The van der Waals surface area contributed by atoms with Crippen LogP contribution in [0.15, 0.2) is 47.5 Å². The van der Waals surface area contributed by atoms with Crippen molar-refractivity contribution in [3.05, 3.63) is 53.2 Å². The predicted molar refractivity (Wildman–Crippen MR) is 83.9 cm³/mol. The van der Waals surface area contributed by atoms with Gasteiger partial charge in [0.25, 0.3) is 0 Å².